The molecule has 5 atom stereocenters. The summed E-state index contributed by atoms with van der Waals surface area (Å²) in [4.78, 5) is 0. The van der Waals surface area contributed by atoms with Gasteiger partial charge >= 0.3 is 0 Å². The van der Waals surface area contributed by atoms with Crippen LogP contribution in [0.25, 0.3) is 0 Å². The average Bonchev–Trinajstić information content (AvgIpc) is 2.34. The summed E-state index contributed by atoms with van der Waals surface area (Å²) < 4.78 is 32.9. The lowest BCUT2D eigenvalue weighted by atomic mass is 9.75. The summed E-state index contributed by atoms with van der Waals surface area (Å²) in [5.41, 5.74) is 1.15. The van der Waals surface area contributed by atoms with Crippen molar-refractivity contribution in [3.8, 4) is 0 Å². The third-order valence-corrected chi connectivity index (χ3v) is 4.29. The van der Waals surface area contributed by atoms with Crippen molar-refractivity contribution in [3.63, 3.8) is 0 Å². The first-order valence-electron chi connectivity index (χ1n) is 6.63. The molecule has 1 saturated carbocycles. The number of halogens is 2. The van der Waals surface area contributed by atoms with E-state index >= 15 is 0 Å². The molecule has 0 heterocycles. The summed E-state index contributed by atoms with van der Waals surface area (Å²) >= 11 is 0. The van der Waals surface area contributed by atoms with Gasteiger partial charge in [-0.05, 0) is 38.0 Å². The fraction of sp³-hybridized carbons (Fsp3) is 0.857. The van der Waals surface area contributed by atoms with Crippen LogP contribution in [0.2, 0.25) is 0 Å². The van der Waals surface area contributed by atoms with Crippen LogP contribution in [-0.4, -0.2) is 25.6 Å². The van der Waals surface area contributed by atoms with Crippen molar-refractivity contribution < 1.29 is 13.5 Å². The van der Waals surface area contributed by atoms with E-state index in [1.807, 2.05) is 0 Å². The Kier molecular flexibility index (Phi) is 4.18. The van der Waals surface area contributed by atoms with Crippen molar-refractivity contribution in [1.29, 1.82) is 0 Å². The lowest BCUT2D eigenvalue weighted by Crippen LogP contribution is -2.43. The lowest BCUT2D eigenvalue weighted by molar-refractivity contribution is -0.0497. The van der Waals surface area contributed by atoms with E-state index in [0.29, 0.717) is 12.3 Å². The Labute approximate surface area is 102 Å². The van der Waals surface area contributed by atoms with Gasteiger partial charge < -0.3 is 4.74 Å². The SMILES string of the molecule is COC1CC[C@@H](C2=CCC(C)CC2)C(F)C1F. The molecule has 4 unspecified atom stereocenters. The molecule has 0 spiro atoms. The Morgan fingerprint density at radius 3 is 2.53 bits per heavy atom. The summed E-state index contributed by atoms with van der Waals surface area (Å²) in [6, 6.07) is 0. The minimum Gasteiger partial charge on any atom is -0.378 e. The van der Waals surface area contributed by atoms with E-state index in [4.69, 9.17) is 4.74 Å². The van der Waals surface area contributed by atoms with Crippen molar-refractivity contribution >= 4 is 0 Å². The molecule has 0 amide bonds. The summed E-state index contributed by atoms with van der Waals surface area (Å²) in [6.07, 6.45) is 3.18. The quantitative estimate of drug-likeness (QED) is 0.671. The van der Waals surface area contributed by atoms with Crippen LogP contribution < -0.4 is 0 Å². The van der Waals surface area contributed by atoms with Crippen LogP contribution >= 0.6 is 0 Å². The first-order valence-corrected chi connectivity index (χ1v) is 6.63. The lowest BCUT2D eigenvalue weighted by Gasteiger charge is -2.36. The van der Waals surface area contributed by atoms with E-state index in [1.54, 1.807) is 0 Å². The predicted octanol–water partition coefficient (Wildman–Crippen LogP) is 3.83. The van der Waals surface area contributed by atoms with Crippen molar-refractivity contribution in [1.82, 2.24) is 0 Å². The van der Waals surface area contributed by atoms with Crippen LogP contribution in [-0.2, 0) is 4.74 Å². The fourth-order valence-corrected chi connectivity index (χ4v) is 3.05. The van der Waals surface area contributed by atoms with E-state index in [0.717, 1.165) is 31.3 Å². The Morgan fingerprint density at radius 2 is 1.94 bits per heavy atom. The second-order valence-electron chi connectivity index (χ2n) is 5.51. The molecule has 1 nitrogen and oxygen atoms in total. The van der Waals surface area contributed by atoms with Crippen molar-refractivity contribution in [2.24, 2.45) is 11.8 Å². The molecule has 17 heavy (non-hydrogen) atoms. The van der Waals surface area contributed by atoms with Gasteiger partial charge in [-0.2, -0.15) is 0 Å². The summed E-state index contributed by atoms with van der Waals surface area (Å²) in [5, 5.41) is 0. The average molecular weight is 244 g/mol. The molecule has 0 N–H and O–H groups in total. The van der Waals surface area contributed by atoms with Crippen LogP contribution in [0.15, 0.2) is 11.6 Å². The zero-order valence-electron chi connectivity index (χ0n) is 10.7. The molecular formula is C14H22F2O. The molecule has 98 valence electrons. The summed E-state index contributed by atoms with van der Waals surface area (Å²) in [6.45, 7) is 2.21. The van der Waals surface area contributed by atoms with Gasteiger partial charge in [0.2, 0.25) is 0 Å². The maximum absolute atomic E-state index is 14.1. The molecule has 3 heteroatoms. The predicted molar refractivity (Wildman–Crippen MR) is 64.4 cm³/mol. The number of methoxy groups -OCH3 is 1. The smallest absolute Gasteiger partial charge is 0.158 e. The minimum absolute atomic E-state index is 0.205. The van der Waals surface area contributed by atoms with Crippen LogP contribution in [0.3, 0.4) is 0 Å². The van der Waals surface area contributed by atoms with Gasteiger partial charge in [-0.1, -0.05) is 18.6 Å². The van der Waals surface area contributed by atoms with Gasteiger partial charge in [-0.15, -0.1) is 0 Å². The van der Waals surface area contributed by atoms with Gasteiger partial charge in [0, 0.05) is 13.0 Å². The molecule has 0 saturated heterocycles. The largest absolute Gasteiger partial charge is 0.378 e. The normalized spacial score (nSPS) is 43.3. The summed E-state index contributed by atoms with van der Waals surface area (Å²) in [7, 11) is 1.46. The Hall–Kier alpha value is -0.440. The number of hydrogen-bond acceptors (Lipinski definition) is 1. The van der Waals surface area contributed by atoms with Crippen molar-refractivity contribution in [3.05, 3.63) is 11.6 Å². The van der Waals surface area contributed by atoms with Gasteiger partial charge in [0.25, 0.3) is 0 Å². The molecule has 0 bridgehead atoms. The topological polar surface area (TPSA) is 9.23 Å². The van der Waals surface area contributed by atoms with Crippen LogP contribution in [0.4, 0.5) is 8.78 Å². The monoisotopic (exact) mass is 244 g/mol. The van der Waals surface area contributed by atoms with Crippen LogP contribution in [0.5, 0.6) is 0 Å². The van der Waals surface area contributed by atoms with E-state index in [1.165, 1.54) is 7.11 Å². The van der Waals surface area contributed by atoms with E-state index in [2.05, 4.69) is 13.0 Å². The molecule has 0 radical (unpaired) electrons. The minimum atomic E-state index is -1.46. The third-order valence-electron chi connectivity index (χ3n) is 4.29. The Balaban J connectivity index is 2.03. The zero-order chi connectivity index (χ0) is 12.4. The maximum atomic E-state index is 14.1. The number of ether oxygens (including phenoxy) is 1. The van der Waals surface area contributed by atoms with Gasteiger partial charge in [0.05, 0.1) is 6.10 Å². The number of hydrogen-bond donors (Lipinski definition) is 0. The molecule has 0 aromatic rings. The fourth-order valence-electron chi connectivity index (χ4n) is 3.05. The number of alkyl halides is 2. The van der Waals surface area contributed by atoms with E-state index in [9.17, 15) is 8.78 Å². The molecule has 2 aliphatic rings. The second-order valence-corrected chi connectivity index (χ2v) is 5.51. The number of rotatable bonds is 2. The zero-order valence-corrected chi connectivity index (χ0v) is 10.7. The van der Waals surface area contributed by atoms with E-state index < -0.39 is 18.4 Å². The molecule has 2 aliphatic carbocycles. The molecule has 0 aromatic carbocycles. The highest BCUT2D eigenvalue weighted by Crippen LogP contribution is 2.39. The standard InChI is InChI=1S/C14H22F2O/c1-9-3-5-10(6-4-9)11-7-8-12(17-2)14(16)13(11)15/h5,9,11-14H,3-4,6-8H2,1-2H3/t9?,11-,12?,13?,14?/m0/s1. The molecule has 2 rings (SSSR count). The highest BCUT2D eigenvalue weighted by molar-refractivity contribution is 5.14. The first kappa shape index (κ1) is 13.0. The number of allylic oxidation sites excluding steroid dienone is 2. The Morgan fingerprint density at radius 1 is 1.18 bits per heavy atom. The molecule has 0 aromatic heterocycles. The summed E-state index contributed by atoms with van der Waals surface area (Å²) in [5.74, 6) is 0.484. The van der Waals surface area contributed by atoms with Crippen molar-refractivity contribution in [2.75, 3.05) is 7.11 Å². The third kappa shape index (κ3) is 2.70. The molecular weight excluding hydrogens is 222 g/mol. The van der Waals surface area contributed by atoms with Crippen LogP contribution in [0, 0.1) is 11.8 Å². The Bertz CT molecular complexity index is 290. The van der Waals surface area contributed by atoms with Crippen LogP contribution in [0.1, 0.15) is 39.0 Å². The second kappa shape index (κ2) is 5.47. The van der Waals surface area contributed by atoms with Gasteiger partial charge in [0.1, 0.15) is 6.17 Å². The van der Waals surface area contributed by atoms with Gasteiger partial charge in [-0.25, -0.2) is 8.78 Å². The van der Waals surface area contributed by atoms with E-state index in [-0.39, 0.29) is 5.92 Å². The highest BCUT2D eigenvalue weighted by Gasteiger charge is 2.41. The first-order chi connectivity index (χ1) is 8.13. The molecule has 0 aliphatic heterocycles. The van der Waals surface area contributed by atoms with Crippen molar-refractivity contribution in [2.45, 2.75) is 57.5 Å². The van der Waals surface area contributed by atoms with Gasteiger partial charge in [0.15, 0.2) is 6.17 Å². The molecule has 1 fully saturated rings. The van der Waals surface area contributed by atoms with Gasteiger partial charge in [-0.3, -0.25) is 0 Å². The highest BCUT2D eigenvalue weighted by atomic mass is 19.2. The maximum Gasteiger partial charge on any atom is 0.158 e.